The summed E-state index contributed by atoms with van der Waals surface area (Å²) < 4.78 is 0. The molecule has 2 amide bonds. The number of halogens is 1. The monoisotopic (exact) mass is 339 g/mol. The maximum atomic E-state index is 12.4. The third-order valence-electron chi connectivity index (χ3n) is 3.90. The van der Waals surface area contributed by atoms with E-state index in [0.29, 0.717) is 28.5 Å². The van der Waals surface area contributed by atoms with Gasteiger partial charge in [-0.25, -0.2) is 0 Å². The highest BCUT2D eigenvalue weighted by atomic mass is 35.5. The van der Waals surface area contributed by atoms with Gasteiger partial charge in [0.05, 0.1) is 17.6 Å². The molecular weight excluding hydrogens is 326 g/mol. The molecule has 6 heteroatoms. The number of hydrogen-bond donors (Lipinski definition) is 1. The zero-order valence-corrected chi connectivity index (χ0v) is 13.5. The predicted molar refractivity (Wildman–Crippen MR) is 91.7 cm³/mol. The highest BCUT2D eigenvalue weighted by Crippen LogP contribution is 2.27. The summed E-state index contributed by atoms with van der Waals surface area (Å²) in [6.07, 6.45) is 0.161. The highest BCUT2D eigenvalue weighted by Gasteiger charge is 2.35. The van der Waals surface area contributed by atoms with Crippen LogP contribution in [0, 0.1) is 17.2 Å². The van der Waals surface area contributed by atoms with E-state index >= 15 is 0 Å². The van der Waals surface area contributed by atoms with Gasteiger partial charge in [0.1, 0.15) is 0 Å². The summed E-state index contributed by atoms with van der Waals surface area (Å²) in [5.41, 5.74) is 1.82. The van der Waals surface area contributed by atoms with Crippen molar-refractivity contribution >= 4 is 34.8 Å². The Balaban J connectivity index is 1.68. The Labute approximate surface area is 144 Å². The molecule has 1 N–H and O–H groups in total. The second-order valence-corrected chi connectivity index (χ2v) is 6.00. The zero-order chi connectivity index (χ0) is 17.1. The highest BCUT2D eigenvalue weighted by molar-refractivity contribution is 6.31. The van der Waals surface area contributed by atoms with Crippen molar-refractivity contribution in [1.82, 2.24) is 0 Å². The van der Waals surface area contributed by atoms with Crippen LogP contribution in [0.2, 0.25) is 5.02 Å². The Bertz CT molecular complexity index is 827. The van der Waals surface area contributed by atoms with E-state index in [1.54, 1.807) is 53.4 Å². The van der Waals surface area contributed by atoms with Crippen LogP contribution in [-0.2, 0) is 9.59 Å². The first-order valence-corrected chi connectivity index (χ1v) is 7.81. The van der Waals surface area contributed by atoms with E-state index in [-0.39, 0.29) is 18.2 Å². The van der Waals surface area contributed by atoms with Crippen LogP contribution in [0.3, 0.4) is 0 Å². The van der Waals surface area contributed by atoms with E-state index in [9.17, 15) is 9.59 Å². The Morgan fingerprint density at radius 2 is 2.00 bits per heavy atom. The van der Waals surface area contributed by atoms with Gasteiger partial charge in [-0.05, 0) is 42.5 Å². The van der Waals surface area contributed by atoms with Gasteiger partial charge in [0.25, 0.3) is 0 Å². The average molecular weight is 340 g/mol. The summed E-state index contributed by atoms with van der Waals surface area (Å²) >= 11 is 5.96. The Morgan fingerprint density at radius 1 is 1.25 bits per heavy atom. The van der Waals surface area contributed by atoms with Gasteiger partial charge in [-0.3, -0.25) is 9.59 Å². The van der Waals surface area contributed by atoms with Crippen LogP contribution in [0.4, 0.5) is 11.4 Å². The Kier molecular flexibility index (Phi) is 4.50. The first kappa shape index (κ1) is 16.0. The minimum Gasteiger partial charge on any atom is -0.326 e. The van der Waals surface area contributed by atoms with Crippen molar-refractivity contribution < 1.29 is 9.59 Å². The molecule has 2 aromatic rings. The molecule has 3 rings (SSSR count). The summed E-state index contributed by atoms with van der Waals surface area (Å²) in [6.45, 7) is 0.321. The van der Waals surface area contributed by atoms with Crippen molar-refractivity contribution in [2.45, 2.75) is 6.42 Å². The molecule has 1 saturated heterocycles. The molecule has 0 radical (unpaired) electrons. The van der Waals surface area contributed by atoms with Crippen molar-refractivity contribution in [1.29, 1.82) is 5.26 Å². The molecule has 1 aliphatic heterocycles. The number of rotatable bonds is 3. The fraction of sp³-hybridized carbons (Fsp3) is 0.167. The molecular formula is C18H14ClN3O2. The molecule has 1 aliphatic rings. The van der Waals surface area contributed by atoms with E-state index in [1.807, 2.05) is 6.07 Å². The molecule has 0 bridgehead atoms. The summed E-state index contributed by atoms with van der Waals surface area (Å²) in [5.74, 6) is -0.734. The third-order valence-corrected chi connectivity index (χ3v) is 4.13. The second-order valence-electron chi connectivity index (χ2n) is 5.56. The molecule has 5 nitrogen and oxygen atoms in total. The van der Waals surface area contributed by atoms with Gasteiger partial charge in [-0.15, -0.1) is 0 Å². The van der Waals surface area contributed by atoms with Crippen LogP contribution in [0.5, 0.6) is 0 Å². The predicted octanol–water partition coefficient (Wildman–Crippen LogP) is 3.20. The van der Waals surface area contributed by atoms with Crippen LogP contribution < -0.4 is 10.2 Å². The Morgan fingerprint density at radius 3 is 2.67 bits per heavy atom. The molecule has 0 aliphatic carbocycles. The normalized spacial score (nSPS) is 16.8. The number of carbonyl (C=O) groups is 2. The van der Waals surface area contributed by atoms with Crippen LogP contribution in [0.25, 0.3) is 0 Å². The van der Waals surface area contributed by atoms with Crippen LogP contribution in [-0.4, -0.2) is 18.4 Å². The molecule has 0 saturated carbocycles. The molecule has 0 aromatic heterocycles. The van der Waals surface area contributed by atoms with E-state index in [1.165, 1.54) is 0 Å². The lowest BCUT2D eigenvalue weighted by atomic mass is 10.1. The van der Waals surface area contributed by atoms with Crippen LogP contribution in [0.1, 0.15) is 12.0 Å². The molecule has 1 heterocycles. The van der Waals surface area contributed by atoms with Gasteiger partial charge in [0.2, 0.25) is 11.8 Å². The molecule has 1 fully saturated rings. The summed E-state index contributed by atoms with van der Waals surface area (Å²) in [6, 6.07) is 15.6. The van der Waals surface area contributed by atoms with E-state index in [4.69, 9.17) is 16.9 Å². The SMILES string of the molecule is N#Cc1ccc(NC(=O)[C@H]2CC(=O)N(c3cccc(Cl)c3)C2)cc1. The van der Waals surface area contributed by atoms with Crippen molar-refractivity contribution in [2.75, 3.05) is 16.8 Å². The first-order chi connectivity index (χ1) is 11.6. The van der Waals surface area contributed by atoms with Gasteiger partial charge in [-0.2, -0.15) is 5.26 Å². The molecule has 0 spiro atoms. The summed E-state index contributed by atoms with van der Waals surface area (Å²) in [5, 5.41) is 12.1. The lowest BCUT2D eigenvalue weighted by Crippen LogP contribution is -2.28. The maximum absolute atomic E-state index is 12.4. The minimum atomic E-state index is -0.424. The maximum Gasteiger partial charge on any atom is 0.229 e. The number of carbonyl (C=O) groups excluding carboxylic acids is 2. The van der Waals surface area contributed by atoms with Crippen molar-refractivity contribution in [3.05, 3.63) is 59.1 Å². The van der Waals surface area contributed by atoms with Crippen molar-refractivity contribution in [3.8, 4) is 6.07 Å². The smallest absolute Gasteiger partial charge is 0.229 e. The van der Waals surface area contributed by atoms with E-state index in [2.05, 4.69) is 5.32 Å². The minimum absolute atomic E-state index is 0.0998. The number of hydrogen-bond acceptors (Lipinski definition) is 3. The van der Waals surface area contributed by atoms with Crippen molar-refractivity contribution in [2.24, 2.45) is 5.92 Å². The fourth-order valence-corrected chi connectivity index (χ4v) is 2.83. The van der Waals surface area contributed by atoms with Gasteiger partial charge >= 0.3 is 0 Å². The lowest BCUT2D eigenvalue weighted by molar-refractivity contribution is -0.122. The Hall–Kier alpha value is -2.84. The van der Waals surface area contributed by atoms with Crippen LogP contribution in [0.15, 0.2) is 48.5 Å². The van der Waals surface area contributed by atoms with Gasteiger partial charge in [0.15, 0.2) is 0 Å². The molecule has 2 aromatic carbocycles. The lowest BCUT2D eigenvalue weighted by Gasteiger charge is -2.17. The van der Waals surface area contributed by atoms with Crippen molar-refractivity contribution in [3.63, 3.8) is 0 Å². The van der Waals surface area contributed by atoms with E-state index < -0.39 is 5.92 Å². The molecule has 0 unspecified atom stereocenters. The number of amides is 2. The standard InChI is InChI=1S/C18H14ClN3O2/c19-14-2-1-3-16(9-14)22-11-13(8-17(22)23)18(24)21-15-6-4-12(10-20)5-7-15/h1-7,9,13H,8,11H2,(H,21,24)/t13-/m0/s1. The summed E-state index contributed by atoms with van der Waals surface area (Å²) in [7, 11) is 0. The van der Waals surface area contributed by atoms with Gasteiger partial charge < -0.3 is 10.2 Å². The van der Waals surface area contributed by atoms with Gasteiger partial charge in [-0.1, -0.05) is 17.7 Å². The quantitative estimate of drug-likeness (QED) is 0.933. The summed E-state index contributed by atoms with van der Waals surface area (Å²) in [4.78, 5) is 26.2. The molecule has 1 atom stereocenters. The third kappa shape index (κ3) is 3.39. The number of nitrogens with zero attached hydrogens (tertiary/aromatic N) is 2. The largest absolute Gasteiger partial charge is 0.326 e. The van der Waals surface area contributed by atoms with Crippen LogP contribution >= 0.6 is 11.6 Å². The number of anilines is 2. The first-order valence-electron chi connectivity index (χ1n) is 7.44. The zero-order valence-electron chi connectivity index (χ0n) is 12.7. The van der Waals surface area contributed by atoms with Gasteiger partial charge in [0, 0.05) is 29.4 Å². The van der Waals surface area contributed by atoms with E-state index in [0.717, 1.165) is 0 Å². The molecule has 24 heavy (non-hydrogen) atoms. The number of nitrogens with one attached hydrogen (secondary N) is 1. The average Bonchev–Trinajstić information content (AvgIpc) is 2.97. The number of nitriles is 1. The molecule has 120 valence electrons. The topological polar surface area (TPSA) is 73.2 Å². The fourth-order valence-electron chi connectivity index (χ4n) is 2.65. The second kappa shape index (κ2) is 6.73. The number of benzene rings is 2.